The highest BCUT2D eigenvalue weighted by atomic mass is 16.5. The number of ether oxygens (including phenoxy) is 1. The lowest BCUT2D eigenvalue weighted by atomic mass is 9.74. The lowest BCUT2D eigenvalue weighted by molar-refractivity contribution is -0.159. The topological polar surface area (TPSA) is 43.4 Å². The fraction of sp³-hybridized carbons (Fsp3) is 0.636. The molecule has 0 N–H and O–H groups in total. The Labute approximate surface area is 85.1 Å². The molecule has 0 rings (SSSR count). The van der Waals surface area contributed by atoms with E-state index in [1.807, 2.05) is 0 Å². The summed E-state index contributed by atoms with van der Waals surface area (Å²) in [7, 11) is 1.29. The van der Waals surface area contributed by atoms with Gasteiger partial charge in [-0.1, -0.05) is 19.9 Å². The van der Waals surface area contributed by atoms with Crippen molar-refractivity contribution in [2.75, 3.05) is 7.11 Å². The maximum Gasteiger partial charge on any atom is 0.319 e. The second kappa shape index (κ2) is 4.94. The number of Topliss-reactive ketones (excluding diaryl/α,β-unsaturated/α-hetero) is 1. The van der Waals surface area contributed by atoms with Crippen molar-refractivity contribution in [2.45, 2.75) is 27.2 Å². The molecule has 0 spiro atoms. The number of esters is 1. The van der Waals surface area contributed by atoms with E-state index >= 15 is 0 Å². The van der Waals surface area contributed by atoms with Gasteiger partial charge in [-0.15, -0.1) is 6.58 Å². The lowest BCUT2D eigenvalue weighted by Gasteiger charge is -2.29. The molecule has 0 amide bonds. The number of carbonyl (C=O) groups is 2. The van der Waals surface area contributed by atoms with E-state index < -0.39 is 11.4 Å². The zero-order chi connectivity index (χ0) is 11.4. The van der Waals surface area contributed by atoms with Gasteiger partial charge in [-0.2, -0.15) is 0 Å². The van der Waals surface area contributed by atoms with Crippen LogP contribution in [0.2, 0.25) is 0 Å². The maximum absolute atomic E-state index is 11.7. The van der Waals surface area contributed by atoms with Crippen LogP contribution < -0.4 is 0 Å². The molecule has 3 nitrogen and oxygen atoms in total. The quantitative estimate of drug-likeness (QED) is 0.385. The van der Waals surface area contributed by atoms with Gasteiger partial charge in [0.05, 0.1) is 7.11 Å². The van der Waals surface area contributed by atoms with E-state index in [4.69, 9.17) is 0 Å². The van der Waals surface area contributed by atoms with Crippen molar-refractivity contribution in [3.05, 3.63) is 12.7 Å². The standard InChI is InChI=1S/C11H18O3/c1-6-8(3)11(4,9(12)7-2)10(13)14-5/h6,8H,1,7H2,2-5H3. The fourth-order valence-corrected chi connectivity index (χ4v) is 1.37. The van der Waals surface area contributed by atoms with Crippen molar-refractivity contribution in [1.29, 1.82) is 0 Å². The third-order valence-electron chi connectivity index (χ3n) is 2.77. The molecule has 0 aromatic rings. The zero-order valence-electron chi connectivity index (χ0n) is 9.29. The van der Waals surface area contributed by atoms with Crippen LogP contribution in [0.25, 0.3) is 0 Å². The molecule has 0 fully saturated rings. The van der Waals surface area contributed by atoms with Crippen LogP contribution in [-0.4, -0.2) is 18.9 Å². The molecular formula is C11H18O3. The summed E-state index contributed by atoms with van der Waals surface area (Å²) in [6, 6.07) is 0. The molecular weight excluding hydrogens is 180 g/mol. The van der Waals surface area contributed by atoms with Crippen LogP contribution in [0.3, 0.4) is 0 Å². The number of rotatable bonds is 5. The third kappa shape index (κ3) is 2.03. The Balaban J connectivity index is 5.13. The van der Waals surface area contributed by atoms with E-state index in [0.29, 0.717) is 6.42 Å². The van der Waals surface area contributed by atoms with Gasteiger partial charge in [0.1, 0.15) is 11.2 Å². The average Bonchev–Trinajstić information content (AvgIpc) is 2.24. The van der Waals surface area contributed by atoms with Gasteiger partial charge in [-0.25, -0.2) is 0 Å². The molecule has 0 aromatic carbocycles. The number of methoxy groups -OCH3 is 1. The Kier molecular flexibility index (Phi) is 4.54. The van der Waals surface area contributed by atoms with Gasteiger partial charge in [0.25, 0.3) is 0 Å². The molecule has 0 saturated heterocycles. The minimum atomic E-state index is -1.09. The van der Waals surface area contributed by atoms with Crippen LogP contribution in [-0.2, 0) is 14.3 Å². The molecule has 0 aliphatic carbocycles. The molecule has 0 radical (unpaired) electrons. The molecule has 0 aromatic heterocycles. The monoisotopic (exact) mass is 198 g/mol. The predicted molar refractivity (Wildman–Crippen MR) is 54.8 cm³/mol. The van der Waals surface area contributed by atoms with Crippen molar-refractivity contribution >= 4 is 11.8 Å². The molecule has 2 unspecified atom stereocenters. The molecule has 80 valence electrons. The Morgan fingerprint density at radius 1 is 1.57 bits per heavy atom. The number of allylic oxidation sites excluding steroid dienone is 1. The van der Waals surface area contributed by atoms with Gasteiger partial charge in [-0.3, -0.25) is 9.59 Å². The average molecular weight is 198 g/mol. The van der Waals surface area contributed by atoms with Gasteiger partial charge in [0.15, 0.2) is 0 Å². The third-order valence-corrected chi connectivity index (χ3v) is 2.77. The second-order valence-corrected chi connectivity index (χ2v) is 3.50. The number of hydrogen-bond donors (Lipinski definition) is 0. The van der Waals surface area contributed by atoms with Crippen molar-refractivity contribution in [1.82, 2.24) is 0 Å². The molecule has 0 bridgehead atoms. The Hall–Kier alpha value is -1.12. The molecule has 2 atom stereocenters. The first kappa shape index (κ1) is 12.9. The smallest absolute Gasteiger partial charge is 0.319 e. The fourth-order valence-electron chi connectivity index (χ4n) is 1.37. The highest BCUT2D eigenvalue weighted by Gasteiger charge is 2.44. The minimum Gasteiger partial charge on any atom is -0.468 e. The van der Waals surface area contributed by atoms with Gasteiger partial charge >= 0.3 is 5.97 Å². The van der Waals surface area contributed by atoms with Crippen LogP contribution in [0.4, 0.5) is 0 Å². The van der Waals surface area contributed by atoms with Crippen molar-refractivity contribution < 1.29 is 14.3 Å². The van der Waals surface area contributed by atoms with E-state index in [0.717, 1.165) is 0 Å². The first-order valence-corrected chi connectivity index (χ1v) is 4.69. The van der Waals surface area contributed by atoms with Crippen LogP contribution in [0.15, 0.2) is 12.7 Å². The van der Waals surface area contributed by atoms with E-state index in [1.165, 1.54) is 7.11 Å². The Morgan fingerprint density at radius 3 is 2.36 bits per heavy atom. The molecule has 3 heteroatoms. The van der Waals surface area contributed by atoms with Crippen molar-refractivity contribution in [2.24, 2.45) is 11.3 Å². The summed E-state index contributed by atoms with van der Waals surface area (Å²) in [5.41, 5.74) is -1.09. The first-order valence-electron chi connectivity index (χ1n) is 4.69. The lowest BCUT2D eigenvalue weighted by Crippen LogP contribution is -2.42. The maximum atomic E-state index is 11.7. The number of hydrogen-bond acceptors (Lipinski definition) is 3. The molecule has 0 aliphatic rings. The minimum absolute atomic E-state index is 0.114. The van der Waals surface area contributed by atoms with Crippen LogP contribution in [0, 0.1) is 11.3 Å². The molecule has 0 aliphatic heterocycles. The van der Waals surface area contributed by atoms with E-state index in [1.54, 1.807) is 26.8 Å². The largest absolute Gasteiger partial charge is 0.468 e. The van der Waals surface area contributed by atoms with E-state index in [2.05, 4.69) is 11.3 Å². The first-order chi connectivity index (χ1) is 6.44. The summed E-state index contributed by atoms with van der Waals surface area (Å²) in [6.07, 6.45) is 1.92. The summed E-state index contributed by atoms with van der Waals surface area (Å²) in [5.74, 6) is -0.823. The van der Waals surface area contributed by atoms with Gasteiger partial charge < -0.3 is 4.74 Å². The van der Waals surface area contributed by atoms with Crippen molar-refractivity contribution in [3.8, 4) is 0 Å². The van der Waals surface area contributed by atoms with E-state index in [9.17, 15) is 9.59 Å². The second-order valence-electron chi connectivity index (χ2n) is 3.50. The number of carbonyl (C=O) groups excluding carboxylic acids is 2. The van der Waals surface area contributed by atoms with Gasteiger partial charge in [0, 0.05) is 6.42 Å². The highest BCUT2D eigenvalue weighted by Crippen LogP contribution is 2.31. The summed E-state index contributed by atoms with van der Waals surface area (Å²) < 4.78 is 4.65. The summed E-state index contributed by atoms with van der Waals surface area (Å²) in [6.45, 7) is 8.73. The molecule has 0 heterocycles. The summed E-state index contributed by atoms with van der Waals surface area (Å²) >= 11 is 0. The normalized spacial score (nSPS) is 16.6. The van der Waals surface area contributed by atoms with Crippen LogP contribution in [0.1, 0.15) is 27.2 Å². The predicted octanol–water partition coefficient (Wildman–Crippen LogP) is 1.97. The van der Waals surface area contributed by atoms with Crippen LogP contribution >= 0.6 is 0 Å². The summed E-state index contributed by atoms with van der Waals surface area (Å²) in [4.78, 5) is 23.2. The highest BCUT2D eigenvalue weighted by molar-refractivity contribution is 6.03. The summed E-state index contributed by atoms with van der Waals surface area (Å²) in [5, 5.41) is 0. The SMILES string of the molecule is C=CC(C)C(C)(C(=O)CC)C(=O)OC. The molecule has 14 heavy (non-hydrogen) atoms. The number of ketones is 1. The Bertz CT molecular complexity index is 227. The van der Waals surface area contributed by atoms with Gasteiger partial charge in [-0.05, 0) is 12.8 Å². The molecule has 0 saturated carbocycles. The Morgan fingerprint density at radius 2 is 2.07 bits per heavy atom. The zero-order valence-corrected chi connectivity index (χ0v) is 9.29. The van der Waals surface area contributed by atoms with Gasteiger partial charge in [0.2, 0.25) is 0 Å². The van der Waals surface area contributed by atoms with Crippen molar-refractivity contribution in [3.63, 3.8) is 0 Å². The van der Waals surface area contributed by atoms with E-state index in [-0.39, 0.29) is 11.7 Å². The van der Waals surface area contributed by atoms with Crippen LogP contribution in [0.5, 0.6) is 0 Å².